The van der Waals surface area contributed by atoms with Crippen LogP contribution in [0.3, 0.4) is 0 Å². The van der Waals surface area contributed by atoms with E-state index in [1.807, 2.05) is 0 Å². The molecule has 3 aromatic carbocycles. The first kappa shape index (κ1) is 19.2. The Kier molecular flexibility index (Phi) is 4.18. The van der Waals surface area contributed by atoms with Gasteiger partial charge in [-0.3, -0.25) is 0 Å². The highest BCUT2D eigenvalue weighted by Crippen LogP contribution is 2.47. The zero-order valence-corrected chi connectivity index (χ0v) is 19.1. The number of aromatic nitrogens is 2. The fourth-order valence-electron chi connectivity index (χ4n) is 5.79. The monoisotopic (exact) mass is 439 g/mol. The lowest BCUT2D eigenvalue weighted by atomic mass is 9.95. The van der Waals surface area contributed by atoms with Crippen LogP contribution in [-0.4, -0.2) is 0 Å². The topological polar surface area (TPSA) is 11.0 Å². The summed E-state index contributed by atoms with van der Waals surface area (Å²) in [5.41, 5.74) is 11.4. The van der Waals surface area contributed by atoms with Gasteiger partial charge in [0.1, 0.15) is 0 Å². The second kappa shape index (κ2) is 7.39. The van der Waals surface area contributed by atoms with Crippen LogP contribution in [0.15, 0.2) is 116 Å². The Morgan fingerprint density at radius 3 is 2.21 bits per heavy atom. The van der Waals surface area contributed by atoms with E-state index in [0.29, 0.717) is 0 Å². The van der Waals surface area contributed by atoms with E-state index in [1.165, 1.54) is 50.7 Å². The van der Waals surface area contributed by atoms with Gasteiger partial charge in [0.15, 0.2) is 12.4 Å². The van der Waals surface area contributed by atoms with Gasteiger partial charge in [0.25, 0.3) is 0 Å². The van der Waals surface area contributed by atoms with Gasteiger partial charge in [0.2, 0.25) is 24.0 Å². The maximum atomic E-state index is 2.45. The number of rotatable bonds is 1. The summed E-state index contributed by atoms with van der Waals surface area (Å²) in [6.07, 6.45) is 4.46. The minimum atomic E-state index is 0.198. The molecule has 5 aromatic rings. The number of hydrogen-bond acceptors (Lipinski definition) is 1. The molecule has 3 nitrogen and oxygen atoms in total. The molecule has 0 saturated heterocycles. The van der Waals surface area contributed by atoms with Crippen molar-refractivity contribution in [3.8, 4) is 22.5 Å². The normalized spacial score (nSPS) is 15.3. The first-order chi connectivity index (χ1) is 16.8. The molecular weight excluding hydrogens is 414 g/mol. The zero-order chi connectivity index (χ0) is 22.6. The first-order valence-electron chi connectivity index (χ1n) is 11.9. The number of benzene rings is 3. The molecule has 3 heteroatoms. The number of fused-ring (bicyclic) bond motifs is 7. The quantitative estimate of drug-likeness (QED) is 0.279. The van der Waals surface area contributed by atoms with Crippen molar-refractivity contribution in [1.82, 2.24) is 0 Å². The Morgan fingerprint density at radius 2 is 1.35 bits per heavy atom. The molecule has 0 amide bonds. The second-order valence-corrected chi connectivity index (χ2v) is 9.11. The standard InChI is InChI=1S/C31H25N3/c1-22-24-13-9-17-26(22)34(23-11-3-2-4-12-23)29-18-10-14-25-28-16-6-8-20-33(28)30(31(25)29)21-32-19-7-5-15-27(24)32/h2-20,30H,21H2,1H3/q+2. The van der Waals surface area contributed by atoms with Crippen molar-refractivity contribution in [2.45, 2.75) is 19.5 Å². The second-order valence-electron chi connectivity index (χ2n) is 9.11. The number of anilines is 3. The Bertz CT molecular complexity index is 1550. The van der Waals surface area contributed by atoms with Crippen molar-refractivity contribution in [2.24, 2.45) is 0 Å². The molecule has 162 valence electrons. The van der Waals surface area contributed by atoms with Gasteiger partial charge in [-0.05, 0) is 61.0 Å². The molecule has 2 aliphatic rings. The fourth-order valence-corrected chi connectivity index (χ4v) is 5.79. The van der Waals surface area contributed by atoms with E-state index < -0.39 is 0 Å². The lowest BCUT2D eigenvalue weighted by Gasteiger charge is -2.30. The van der Waals surface area contributed by atoms with E-state index >= 15 is 0 Å². The van der Waals surface area contributed by atoms with E-state index in [2.05, 4.69) is 136 Å². The summed E-state index contributed by atoms with van der Waals surface area (Å²) in [6, 6.07) is 37.5. The molecule has 0 saturated carbocycles. The average molecular weight is 440 g/mol. The number of para-hydroxylation sites is 1. The molecule has 7 rings (SSSR count). The fraction of sp³-hybridized carbons (Fsp3) is 0.0968. The summed E-state index contributed by atoms with van der Waals surface area (Å²) < 4.78 is 4.87. The SMILES string of the molecule is Cc1c2cccc1N(c1ccccc1)c1cccc3c1C(C[n+]1ccccc1-2)[n+]1ccccc1-3. The van der Waals surface area contributed by atoms with Gasteiger partial charge in [0.05, 0.1) is 22.4 Å². The van der Waals surface area contributed by atoms with Crippen molar-refractivity contribution in [3.05, 3.63) is 127 Å². The molecule has 2 bridgehead atoms. The van der Waals surface area contributed by atoms with Crippen molar-refractivity contribution >= 4 is 17.1 Å². The van der Waals surface area contributed by atoms with Crippen LogP contribution in [0.4, 0.5) is 17.1 Å². The lowest BCUT2D eigenvalue weighted by molar-refractivity contribution is -0.778. The highest BCUT2D eigenvalue weighted by molar-refractivity contribution is 5.87. The van der Waals surface area contributed by atoms with Crippen molar-refractivity contribution < 1.29 is 9.13 Å². The summed E-state index contributed by atoms with van der Waals surface area (Å²) in [5, 5.41) is 0. The summed E-state index contributed by atoms with van der Waals surface area (Å²) in [4.78, 5) is 2.45. The molecule has 0 spiro atoms. The molecule has 2 aliphatic heterocycles. The van der Waals surface area contributed by atoms with Gasteiger partial charge in [-0.1, -0.05) is 30.3 Å². The Labute approximate surface area is 199 Å². The van der Waals surface area contributed by atoms with E-state index in [4.69, 9.17) is 0 Å². The van der Waals surface area contributed by atoms with Crippen LogP contribution in [0.2, 0.25) is 0 Å². The van der Waals surface area contributed by atoms with Gasteiger partial charge >= 0.3 is 0 Å². The van der Waals surface area contributed by atoms with Crippen LogP contribution in [-0.2, 0) is 6.54 Å². The molecule has 0 radical (unpaired) electrons. The maximum absolute atomic E-state index is 2.45. The minimum Gasteiger partial charge on any atom is -0.310 e. The van der Waals surface area contributed by atoms with Gasteiger partial charge in [-0.2, -0.15) is 9.13 Å². The molecule has 0 N–H and O–H groups in total. The summed E-state index contributed by atoms with van der Waals surface area (Å²) in [6.45, 7) is 3.12. The summed E-state index contributed by atoms with van der Waals surface area (Å²) in [5.74, 6) is 0. The first-order valence-corrected chi connectivity index (χ1v) is 11.9. The maximum Gasteiger partial charge on any atom is 0.245 e. The van der Waals surface area contributed by atoms with Crippen molar-refractivity contribution in [3.63, 3.8) is 0 Å². The average Bonchev–Trinajstić information content (AvgIpc) is 3.20. The van der Waals surface area contributed by atoms with Crippen LogP contribution < -0.4 is 14.0 Å². The van der Waals surface area contributed by atoms with E-state index in [-0.39, 0.29) is 6.04 Å². The van der Waals surface area contributed by atoms with Crippen molar-refractivity contribution in [2.75, 3.05) is 4.90 Å². The molecule has 0 fully saturated rings. The minimum absolute atomic E-state index is 0.198. The van der Waals surface area contributed by atoms with Crippen LogP contribution >= 0.6 is 0 Å². The third kappa shape index (κ3) is 2.70. The largest absolute Gasteiger partial charge is 0.310 e. The van der Waals surface area contributed by atoms with Crippen LogP contribution in [0.25, 0.3) is 22.5 Å². The Balaban J connectivity index is 1.63. The predicted molar refractivity (Wildman–Crippen MR) is 135 cm³/mol. The smallest absolute Gasteiger partial charge is 0.245 e. The molecule has 1 unspecified atom stereocenters. The van der Waals surface area contributed by atoms with Gasteiger partial charge in [0, 0.05) is 35.6 Å². The summed E-state index contributed by atoms with van der Waals surface area (Å²) in [7, 11) is 0. The number of nitrogens with zero attached hydrogens (tertiary/aromatic N) is 3. The number of hydrogen-bond donors (Lipinski definition) is 0. The predicted octanol–water partition coefficient (Wildman–Crippen LogP) is 6.29. The third-order valence-electron chi connectivity index (χ3n) is 7.31. The highest BCUT2D eigenvalue weighted by atomic mass is 15.2. The van der Waals surface area contributed by atoms with Gasteiger partial charge in [-0.25, -0.2) is 0 Å². The molecule has 1 atom stereocenters. The van der Waals surface area contributed by atoms with E-state index in [1.54, 1.807) is 0 Å². The van der Waals surface area contributed by atoms with Gasteiger partial charge < -0.3 is 4.90 Å². The number of pyridine rings is 2. The highest BCUT2D eigenvalue weighted by Gasteiger charge is 2.43. The lowest BCUT2D eigenvalue weighted by Crippen LogP contribution is -2.49. The van der Waals surface area contributed by atoms with Crippen LogP contribution in [0.5, 0.6) is 0 Å². The summed E-state index contributed by atoms with van der Waals surface area (Å²) >= 11 is 0. The molecule has 34 heavy (non-hydrogen) atoms. The Hall–Kier alpha value is -4.24. The molecule has 4 heterocycles. The third-order valence-corrected chi connectivity index (χ3v) is 7.31. The van der Waals surface area contributed by atoms with E-state index in [9.17, 15) is 0 Å². The van der Waals surface area contributed by atoms with Gasteiger partial charge in [-0.15, -0.1) is 0 Å². The zero-order valence-electron chi connectivity index (χ0n) is 19.1. The Morgan fingerprint density at radius 1 is 0.647 bits per heavy atom. The van der Waals surface area contributed by atoms with Crippen LogP contribution in [0, 0.1) is 6.92 Å². The molecular formula is C31H25N3+2. The van der Waals surface area contributed by atoms with Crippen LogP contribution in [0.1, 0.15) is 17.2 Å². The molecule has 0 aliphatic carbocycles. The molecule has 2 aromatic heterocycles. The van der Waals surface area contributed by atoms with Crippen molar-refractivity contribution in [1.29, 1.82) is 0 Å². The van der Waals surface area contributed by atoms with E-state index in [0.717, 1.165) is 6.54 Å².